The van der Waals surface area contributed by atoms with Crippen molar-refractivity contribution in [3.8, 4) is 0 Å². The van der Waals surface area contributed by atoms with Crippen LogP contribution in [0.5, 0.6) is 0 Å². The smallest absolute Gasteiger partial charge is 0.0933 e. The lowest BCUT2D eigenvalue weighted by atomic mass is 10.1. The van der Waals surface area contributed by atoms with Gasteiger partial charge in [0.25, 0.3) is 0 Å². The fourth-order valence-electron chi connectivity index (χ4n) is 0.591. The zero-order valence-corrected chi connectivity index (χ0v) is 6.30. The van der Waals surface area contributed by atoms with Gasteiger partial charge in [0.2, 0.25) is 0 Å². The van der Waals surface area contributed by atoms with Gasteiger partial charge >= 0.3 is 0 Å². The predicted octanol–water partition coefficient (Wildman–Crippen LogP) is 0.747. The molecule has 56 valence electrons. The van der Waals surface area contributed by atoms with Gasteiger partial charge in [-0.2, -0.15) is 0 Å². The monoisotopic (exact) mass is 152 g/mol. The van der Waals surface area contributed by atoms with Crippen molar-refractivity contribution in [1.29, 1.82) is 0 Å². The number of aliphatic hydroxyl groups excluding tert-OH is 2. The van der Waals surface area contributed by atoms with E-state index in [4.69, 9.17) is 21.8 Å². The lowest BCUT2D eigenvalue weighted by Crippen LogP contribution is -2.26. The summed E-state index contributed by atoms with van der Waals surface area (Å²) in [5.41, 5.74) is 0. The Hall–Kier alpha value is 0.210. The summed E-state index contributed by atoms with van der Waals surface area (Å²) < 4.78 is 0. The summed E-state index contributed by atoms with van der Waals surface area (Å²) in [4.78, 5) is 0. The van der Waals surface area contributed by atoms with Gasteiger partial charge in [-0.05, 0) is 6.42 Å². The quantitative estimate of drug-likeness (QED) is 0.584. The minimum absolute atomic E-state index is 0.112. The van der Waals surface area contributed by atoms with Gasteiger partial charge in [0, 0.05) is 0 Å². The summed E-state index contributed by atoms with van der Waals surface area (Å²) in [6, 6.07) is 0. The minimum atomic E-state index is -0.758. The third kappa shape index (κ3) is 3.73. The zero-order chi connectivity index (χ0) is 7.28. The van der Waals surface area contributed by atoms with Crippen molar-refractivity contribution in [2.24, 2.45) is 0 Å². The molecular weight excluding hydrogens is 140 g/mol. The van der Waals surface area contributed by atoms with Gasteiger partial charge < -0.3 is 10.2 Å². The molecule has 0 rings (SSSR count). The first-order valence-corrected chi connectivity index (χ1v) is 3.68. The van der Waals surface area contributed by atoms with Gasteiger partial charge in [-0.15, -0.1) is 11.6 Å². The Kier molecular flexibility index (Phi) is 5.15. The normalized spacial score (nSPS) is 17.3. The Morgan fingerprint density at radius 3 is 2.22 bits per heavy atom. The number of halogens is 1. The fourth-order valence-corrected chi connectivity index (χ4v) is 0.797. The lowest BCUT2D eigenvalue weighted by molar-refractivity contribution is 0.0279. The second kappa shape index (κ2) is 5.03. The van der Waals surface area contributed by atoms with Crippen LogP contribution in [-0.4, -0.2) is 28.3 Å². The van der Waals surface area contributed by atoms with Gasteiger partial charge in [0.15, 0.2) is 0 Å². The number of hydrogen-bond donors (Lipinski definition) is 2. The molecule has 0 radical (unpaired) electrons. The van der Waals surface area contributed by atoms with Crippen LogP contribution in [0.25, 0.3) is 0 Å². The molecule has 0 saturated heterocycles. The summed E-state index contributed by atoms with van der Waals surface area (Å²) >= 11 is 5.27. The van der Waals surface area contributed by atoms with Crippen molar-refractivity contribution < 1.29 is 10.2 Å². The maximum absolute atomic E-state index is 8.98. The molecule has 3 heteroatoms. The first-order valence-electron chi connectivity index (χ1n) is 3.14. The molecule has 0 aromatic heterocycles. The molecule has 0 bridgehead atoms. The highest BCUT2D eigenvalue weighted by atomic mass is 35.5. The molecule has 0 spiro atoms. The summed E-state index contributed by atoms with van der Waals surface area (Å²) in [6.45, 7) is 1.95. The Morgan fingerprint density at radius 2 is 1.89 bits per heavy atom. The molecule has 0 amide bonds. The van der Waals surface area contributed by atoms with Crippen LogP contribution in [0.1, 0.15) is 19.8 Å². The molecule has 0 aliphatic heterocycles. The summed E-state index contributed by atoms with van der Waals surface area (Å²) in [6.07, 6.45) is 0.0855. The van der Waals surface area contributed by atoms with E-state index in [1.807, 2.05) is 6.92 Å². The van der Waals surface area contributed by atoms with Crippen molar-refractivity contribution >= 4 is 11.6 Å². The molecule has 0 unspecified atom stereocenters. The molecule has 9 heavy (non-hydrogen) atoms. The molecule has 2 nitrogen and oxygen atoms in total. The number of alkyl halides is 1. The largest absolute Gasteiger partial charge is 0.390 e. The van der Waals surface area contributed by atoms with Crippen molar-refractivity contribution in [3.63, 3.8) is 0 Å². The van der Waals surface area contributed by atoms with Crippen LogP contribution in [0.2, 0.25) is 0 Å². The van der Waals surface area contributed by atoms with Gasteiger partial charge in [-0.1, -0.05) is 13.3 Å². The second-order valence-electron chi connectivity index (χ2n) is 2.08. The first-order chi connectivity index (χ1) is 4.22. The van der Waals surface area contributed by atoms with Gasteiger partial charge in [-0.3, -0.25) is 0 Å². The zero-order valence-electron chi connectivity index (χ0n) is 5.55. The molecule has 0 fully saturated rings. The third-order valence-electron chi connectivity index (χ3n) is 1.19. The number of hydrogen-bond acceptors (Lipinski definition) is 2. The highest BCUT2D eigenvalue weighted by molar-refractivity contribution is 6.18. The average Bonchev–Trinajstić information content (AvgIpc) is 1.87. The van der Waals surface area contributed by atoms with E-state index >= 15 is 0 Å². The van der Waals surface area contributed by atoms with Gasteiger partial charge in [0.05, 0.1) is 18.1 Å². The van der Waals surface area contributed by atoms with Gasteiger partial charge in [0.1, 0.15) is 0 Å². The minimum Gasteiger partial charge on any atom is -0.390 e. The molecule has 0 aromatic rings. The van der Waals surface area contributed by atoms with Crippen LogP contribution in [0.4, 0.5) is 0 Å². The van der Waals surface area contributed by atoms with Crippen molar-refractivity contribution in [2.75, 3.05) is 5.88 Å². The Bertz CT molecular complexity index is 68.1. The van der Waals surface area contributed by atoms with Crippen LogP contribution in [0.15, 0.2) is 0 Å². The Morgan fingerprint density at radius 1 is 1.33 bits per heavy atom. The van der Waals surface area contributed by atoms with Crippen LogP contribution in [-0.2, 0) is 0 Å². The van der Waals surface area contributed by atoms with E-state index in [0.29, 0.717) is 6.42 Å². The van der Waals surface area contributed by atoms with E-state index in [-0.39, 0.29) is 5.88 Å². The first kappa shape index (κ1) is 9.21. The van der Waals surface area contributed by atoms with Gasteiger partial charge in [-0.25, -0.2) is 0 Å². The molecule has 0 saturated carbocycles. The van der Waals surface area contributed by atoms with E-state index in [2.05, 4.69) is 0 Å². The highest BCUT2D eigenvalue weighted by Gasteiger charge is 2.12. The van der Waals surface area contributed by atoms with Crippen molar-refractivity contribution in [1.82, 2.24) is 0 Å². The number of aliphatic hydroxyl groups is 2. The standard InChI is InChI=1S/C6H13ClO2/c1-2-3-5(8)6(9)4-7/h5-6,8-9H,2-4H2,1H3/t5-,6-/m1/s1. The molecule has 2 atom stereocenters. The van der Waals surface area contributed by atoms with Crippen LogP contribution < -0.4 is 0 Å². The van der Waals surface area contributed by atoms with Crippen LogP contribution in [0, 0.1) is 0 Å². The van der Waals surface area contributed by atoms with E-state index in [9.17, 15) is 0 Å². The van der Waals surface area contributed by atoms with E-state index in [1.165, 1.54) is 0 Å². The molecular formula is C6H13ClO2. The maximum atomic E-state index is 8.98. The van der Waals surface area contributed by atoms with Crippen molar-refractivity contribution in [3.05, 3.63) is 0 Å². The Labute approximate surface area is 60.5 Å². The Balaban J connectivity index is 3.32. The predicted molar refractivity (Wildman–Crippen MR) is 37.6 cm³/mol. The van der Waals surface area contributed by atoms with E-state index in [0.717, 1.165) is 6.42 Å². The van der Waals surface area contributed by atoms with Crippen molar-refractivity contribution in [2.45, 2.75) is 32.0 Å². The maximum Gasteiger partial charge on any atom is 0.0933 e. The molecule has 0 aliphatic carbocycles. The summed E-state index contributed by atoms with van der Waals surface area (Å²) in [5, 5.41) is 17.9. The summed E-state index contributed by atoms with van der Waals surface area (Å²) in [5.74, 6) is 0.112. The van der Waals surface area contributed by atoms with Crippen LogP contribution >= 0.6 is 11.6 Å². The molecule has 0 aliphatic rings. The fraction of sp³-hybridized carbons (Fsp3) is 1.00. The van der Waals surface area contributed by atoms with E-state index < -0.39 is 12.2 Å². The topological polar surface area (TPSA) is 40.5 Å². The van der Waals surface area contributed by atoms with E-state index in [1.54, 1.807) is 0 Å². The summed E-state index contributed by atoms with van der Waals surface area (Å²) in [7, 11) is 0. The lowest BCUT2D eigenvalue weighted by Gasteiger charge is -2.13. The molecule has 2 N–H and O–H groups in total. The number of rotatable bonds is 4. The SMILES string of the molecule is CCC[C@@H](O)[C@H](O)CCl. The average molecular weight is 153 g/mol. The molecule has 0 heterocycles. The third-order valence-corrected chi connectivity index (χ3v) is 1.50. The molecule has 0 aromatic carbocycles. The second-order valence-corrected chi connectivity index (χ2v) is 2.39. The highest BCUT2D eigenvalue weighted by Crippen LogP contribution is 2.02. The van der Waals surface area contributed by atoms with Crippen LogP contribution in [0.3, 0.4) is 0 Å².